The molecule has 2 aliphatic heterocycles. The molecule has 0 radical (unpaired) electrons. The molecule has 0 aromatic carbocycles. The van der Waals surface area contributed by atoms with Crippen molar-refractivity contribution in [2.75, 3.05) is 26.7 Å². The Morgan fingerprint density at radius 2 is 2.12 bits per heavy atom. The number of hydrogen-bond donors (Lipinski definition) is 0. The summed E-state index contributed by atoms with van der Waals surface area (Å²) in [5.41, 5.74) is 2.32. The molecule has 26 heavy (non-hydrogen) atoms. The Bertz CT molecular complexity index is 660. The Morgan fingerprint density at radius 3 is 2.85 bits per heavy atom. The number of allylic oxidation sites excluding steroid dienone is 1. The van der Waals surface area contributed by atoms with Crippen molar-refractivity contribution in [2.45, 2.75) is 50.8 Å². The van der Waals surface area contributed by atoms with E-state index in [-0.39, 0.29) is 18.1 Å². The predicted octanol–water partition coefficient (Wildman–Crippen LogP) is 2.63. The fraction of sp³-hybridized carbons (Fsp3) is 0.619. The number of nitrogens with zero attached hydrogens (tertiary/aromatic N) is 3. The van der Waals surface area contributed by atoms with Gasteiger partial charge in [0.05, 0.1) is 12.1 Å². The van der Waals surface area contributed by atoms with Crippen LogP contribution in [-0.4, -0.2) is 59.6 Å². The van der Waals surface area contributed by atoms with Gasteiger partial charge in [-0.1, -0.05) is 6.08 Å². The molecule has 0 unspecified atom stereocenters. The molecule has 1 amide bonds. The first-order valence-corrected chi connectivity index (χ1v) is 9.90. The second kappa shape index (κ2) is 7.89. The van der Waals surface area contributed by atoms with Crippen molar-refractivity contribution in [3.63, 3.8) is 0 Å². The maximum absolute atomic E-state index is 13.1. The van der Waals surface area contributed by atoms with Gasteiger partial charge >= 0.3 is 0 Å². The minimum Gasteiger partial charge on any atom is -0.381 e. The topological polar surface area (TPSA) is 45.7 Å². The van der Waals surface area contributed by atoms with E-state index in [1.165, 1.54) is 12.0 Å². The summed E-state index contributed by atoms with van der Waals surface area (Å²) in [5.74, 6) is 0.684. The first-order valence-electron chi connectivity index (χ1n) is 9.90. The molecule has 5 heteroatoms. The van der Waals surface area contributed by atoms with Crippen LogP contribution in [0.25, 0.3) is 0 Å². The smallest absolute Gasteiger partial charge is 0.249 e. The maximum atomic E-state index is 13.1. The second-order valence-corrected chi connectivity index (χ2v) is 7.82. The van der Waals surface area contributed by atoms with Crippen LogP contribution in [-0.2, 0) is 16.1 Å². The fourth-order valence-electron chi connectivity index (χ4n) is 4.87. The van der Waals surface area contributed by atoms with E-state index in [0.717, 1.165) is 57.4 Å². The number of ether oxygens (including phenoxy) is 1. The van der Waals surface area contributed by atoms with Crippen molar-refractivity contribution in [3.05, 3.63) is 41.7 Å². The highest BCUT2D eigenvalue weighted by Gasteiger charge is 2.46. The summed E-state index contributed by atoms with van der Waals surface area (Å²) >= 11 is 0. The number of hydrogen-bond acceptors (Lipinski definition) is 4. The van der Waals surface area contributed by atoms with Crippen molar-refractivity contribution in [2.24, 2.45) is 5.92 Å². The Balaban J connectivity index is 1.50. The van der Waals surface area contributed by atoms with Crippen molar-refractivity contribution >= 4 is 5.91 Å². The molecule has 1 aromatic rings. The number of carbonyl (C=O) groups excluding carboxylic acids is 1. The monoisotopic (exact) mass is 355 g/mol. The molecular weight excluding hydrogens is 326 g/mol. The van der Waals surface area contributed by atoms with Gasteiger partial charge < -0.3 is 9.64 Å². The van der Waals surface area contributed by atoms with Gasteiger partial charge in [0.1, 0.15) is 0 Å². The lowest BCUT2D eigenvalue weighted by molar-refractivity contribution is -0.134. The average molecular weight is 355 g/mol. The van der Waals surface area contributed by atoms with Gasteiger partial charge in [-0.15, -0.1) is 0 Å². The Kier molecular flexibility index (Phi) is 5.36. The summed E-state index contributed by atoms with van der Waals surface area (Å²) in [6.07, 6.45) is 11.4. The number of amides is 1. The minimum absolute atomic E-state index is 0.256. The van der Waals surface area contributed by atoms with Gasteiger partial charge in [-0.2, -0.15) is 0 Å². The molecule has 3 aliphatic rings. The van der Waals surface area contributed by atoms with Gasteiger partial charge in [-0.25, -0.2) is 0 Å². The van der Waals surface area contributed by atoms with Gasteiger partial charge in [0.15, 0.2) is 0 Å². The third-order valence-corrected chi connectivity index (χ3v) is 6.23. The number of likely N-dealkylation sites (tertiary alicyclic amines) is 2. The summed E-state index contributed by atoms with van der Waals surface area (Å²) in [6, 6.07) is 4.42. The quantitative estimate of drug-likeness (QED) is 0.833. The highest BCUT2D eigenvalue weighted by atomic mass is 16.5. The molecule has 1 aliphatic carbocycles. The Hall–Kier alpha value is -1.72. The molecule has 0 N–H and O–H groups in total. The fourth-order valence-corrected chi connectivity index (χ4v) is 4.87. The number of methoxy groups -OCH3 is 1. The molecule has 140 valence electrons. The molecule has 0 saturated carbocycles. The molecule has 2 saturated heterocycles. The zero-order valence-electron chi connectivity index (χ0n) is 15.6. The molecule has 0 bridgehead atoms. The summed E-state index contributed by atoms with van der Waals surface area (Å²) in [5, 5.41) is 0. The van der Waals surface area contributed by atoms with Crippen LogP contribution in [0.5, 0.6) is 0 Å². The molecule has 1 aromatic heterocycles. The van der Waals surface area contributed by atoms with Crippen molar-refractivity contribution in [1.29, 1.82) is 0 Å². The van der Waals surface area contributed by atoms with E-state index in [2.05, 4.69) is 33.0 Å². The SMILES string of the molecule is CO[C@H]1CCN(C(=O)C2=CCCCC2)[C@@H]2CN(Cc3ccncc3)C[C@H]12. The number of pyridine rings is 1. The van der Waals surface area contributed by atoms with Crippen molar-refractivity contribution in [1.82, 2.24) is 14.8 Å². The second-order valence-electron chi connectivity index (χ2n) is 7.82. The van der Waals surface area contributed by atoms with Crippen LogP contribution in [0.1, 0.15) is 37.7 Å². The number of aromatic nitrogens is 1. The lowest BCUT2D eigenvalue weighted by Gasteiger charge is -2.41. The molecule has 3 heterocycles. The molecule has 2 fully saturated rings. The zero-order valence-corrected chi connectivity index (χ0v) is 15.6. The van der Waals surface area contributed by atoms with Gasteiger partial charge in [0.25, 0.3) is 0 Å². The van der Waals surface area contributed by atoms with Crippen LogP contribution in [0.4, 0.5) is 0 Å². The first kappa shape index (κ1) is 17.7. The molecule has 3 atom stereocenters. The Labute approximate surface area is 156 Å². The van der Waals surface area contributed by atoms with E-state index in [0.29, 0.717) is 5.92 Å². The van der Waals surface area contributed by atoms with Crippen LogP contribution in [0, 0.1) is 5.92 Å². The number of carbonyl (C=O) groups is 1. The van der Waals surface area contributed by atoms with Crippen molar-refractivity contribution in [3.8, 4) is 0 Å². The van der Waals surface area contributed by atoms with Crippen LogP contribution in [0.3, 0.4) is 0 Å². The van der Waals surface area contributed by atoms with Crippen LogP contribution >= 0.6 is 0 Å². The molecule has 0 spiro atoms. The Morgan fingerprint density at radius 1 is 1.27 bits per heavy atom. The molecule has 5 nitrogen and oxygen atoms in total. The minimum atomic E-state index is 0.256. The van der Waals surface area contributed by atoms with Gasteiger partial charge in [0, 0.05) is 57.2 Å². The summed E-state index contributed by atoms with van der Waals surface area (Å²) in [6.45, 7) is 3.66. The summed E-state index contributed by atoms with van der Waals surface area (Å²) < 4.78 is 5.79. The molecule has 4 rings (SSSR count). The van der Waals surface area contributed by atoms with Crippen LogP contribution < -0.4 is 0 Å². The lowest BCUT2D eigenvalue weighted by atomic mass is 9.87. The predicted molar refractivity (Wildman–Crippen MR) is 100 cm³/mol. The largest absolute Gasteiger partial charge is 0.381 e. The average Bonchev–Trinajstić information content (AvgIpc) is 3.11. The third-order valence-electron chi connectivity index (χ3n) is 6.23. The zero-order chi connectivity index (χ0) is 17.9. The maximum Gasteiger partial charge on any atom is 0.249 e. The van der Waals surface area contributed by atoms with E-state index in [4.69, 9.17) is 4.74 Å². The highest BCUT2D eigenvalue weighted by Crippen LogP contribution is 2.34. The van der Waals surface area contributed by atoms with Gasteiger partial charge in [0.2, 0.25) is 5.91 Å². The van der Waals surface area contributed by atoms with Crippen LogP contribution in [0.2, 0.25) is 0 Å². The van der Waals surface area contributed by atoms with E-state index >= 15 is 0 Å². The normalized spacial score (nSPS) is 29.3. The number of rotatable bonds is 4. The van der Waals surface area contributed by atoms with Gasteiger partial charge in [-0.3, -0.25) is 14.7 Å². The number of piperidine rings is 1. The summed E-state index contributed by atoms with van der Waals surface area (Å²) in [4.78, 5) is 21.9. The van der Waals surface area contributed by atoms with E-state index in [1.54, 1.807) is 0 Å². The van der Waals surface area contributed by atoms with E-state index in [1.807, 2.05) is 19.5 Å². The lowest BCUT2D eigenvalue weighted by Crippen LogP contribution is -2.54. The van der Waals surface area contributed by atoms with E-state index < -0.39 is 0 Å². The van der Waals surface area contributed by atoms with E-state index in [9.17, 15) is 4.79 Å². The van der Waals surface area contributed by atoms with Gasteiger partial charge in [-0.05, 0) is 49.8 Å². The summed E-state index contributed by atoms with van der Waals surface area (Å²) in [7, 11) is 1.81. The standard InChI is InChI=1S/C21H29N3O2/c1-26-20-9-12-24(21(25)17-5-3-2-4-6-17)19-15-23(14-18(19)20)13-16-7-10-22-11-8-16/h5,7-8,10-11,18-20H,2-4,6,9,12-15H2,1H3/t18-,19+,20-/m0/s1. The number of fused-ring (bicyclic) bond motifs is 1. The van der Waals surface area contributed by atoms with Crippen molar-refractivity contribution < 1.29 is 9.53 Å². The highest BCUT2D eigenvalue weighted by molar-refractivity contribution is 5.94. The first-order chi connectivity index (χ1) is 12.8. The molecular formula is C21H29N3O2. The van der Waals surface area contributed by atoms with Crippen LogP contribution in [0.15, 0.2) is 36.2 Å². The third kappa shape index (κ3) is 3.55.